The molecule has 1 unspecified atom stereocenters. The maximum Gasteiger partial charge on any atom is 0.237 e. The van der Waals surface area contributed by atoms with Gasteiger partial charge in [-0.05, 0) is 56.5 Å². The third-order valence-electron chi connectivity index (χ3n) is 4.40. The highest BCUT2D eigenvalue weighted by atomic mass is 79.9. The zero-order valence-corrected chi connectivity index (χ0v) is 15.7. The molecule has 0 radical (unpaired) electrons. The Bertz CT molecular complexity index is 808. The van der Waals surface area contributed by atoms with Crippen molar-refractivity contribution >= 4 is 33.4 Å². The number of imide groups is 1. The molecule has 1 heterocycles. The highest BCUT2D eigenvalue weighted by Gasteiger charge is 2.39. The summed E-state index contributed by atoms with van der Waals surface area (Å²) >= 11 is 3.42. The van der Waals surface area contributed by atoms with E-state index < -0.39 is 0 Å². The standard InChI is InChI=1S/C20H20BrNO2/c1-12-6-13(2)8-15(7-12)10-16-11-19(23)22(20(16)24)18-5-4-17(21)9-14(18)3/h4-9,16H,10-11H2,1-3H3. The third kappa shape index (κ3) is 3.29. The smallest absolute Gasteiger partial charge is 0.237 e. The first-order valence-electron chi connectivity index (χ1n) is 8.05. The van der Waals surface area contributed by atoms with E-state index in [1.165, 1.54) is 16.0 Å². The van der Waals surface area contributed by atoms with Gasteiger partial charge in [0.1, 0.15) is 0 Å². The summed E-state index contributed by atoms with van der Waals surface area (Å²) in [5.74, 6) is -0.480. The molecule has 1 fully saturated rings. The van der Waals surface area contributed by atoms with Gasteiger partial charge in [-0.15, -0.1) is 0 Å². The first-order chi connectivity index (χ1) is 11.3. The second-order valence-electron chi connectivity index (χ2n) is 6.60. The quantitative estimate of drug-likeness (QED) is 0.729. The summed E-state index contributed by atoms with van der Waals surface area (Å²) in [7, 11) is 0. The summed E-state index contributed by atoms with van der Waals surface area (Å²) in [5, 5.41) is 0. The number of hydrogen-bond donors (Lipinski definition) is 0. The average molecular weight is 386 g/mol. The number of hydrogen-bond acceptors (Lipinski definition) is 2. The molecule has 2 amide bonds. The van der Waals surface area contributed by atoms with Crippen molar-refractivity contribution in [3.63, 3.8) is 0 Å². The van der Waals surface area contributed by atoms with Gasteiger partial charge in [-0.1, -0.05) is 45.3 Å². The van der Waals surface area contributed by atoms with Crippen LogP contribution in [0.1, 0.15) is 28.7 Å². The first-order valence-corrected chi connectivity index (χ1v) is 8.84. The summed E-state index contributed by atoms with van der Waals surface area (Å²) in [4.78, 5) is 26.6. The maximum absolute atomic E-state index is 12.8. The zero-order valence-electron chi connectivity index (χ0n) is 14.1. The van der Waals surface area contributed by atoms with Gasteiger partial charge < -0.3 is 0 Å². The van der Waals surface area contributed by atoms with Crippen molar-refractivity contribution in [2.24, 2.45) is 5.92 Å². The molecular formula is C20H20BrNO2. The first kappa shape index (κ1) is 16.9. The molecule has 2 aromatic rings. The number of halogens is 1. The van der Waals surface area contributed by atoms with Crippen LogP contribution in [0.2, 0.25) is 0 Å². The lowest BCUT2D eigenvalue weighted by atomic mass is 9.95. The normalized spacial score (nSPS) is 17.7. The summed E-state index contributed by atoms with van der Waals surface area (Å²) < 4.78 is 0.939. The fourth-order valence-corrected chi connectivity index (χ4v) is 3.92. The minimum atomic E-state index is -0.276. The molecule has 24 heavy (non-hydrogen) atoms. The van der Waals surface area contributed by atoms with Crippen molar-refractivity contribution in [2.75, 3.05) is 4.90 Å². The molecule has 124 valence electrons. The zero-order chi connectivity index (χ0) is 17.4. The van der Waals surface area contributed by atoms with Gasteiger partial charge in [0.15, 0.2) is 0 Å². The largest absolute Gasteiger partial charge is 0.274 e. The van der Waals surface area contributed by atoms with Gasteiger partial charge in [0.05, 0.1) is 11.6 Å². The molecule has 1 aliphatic rings. The molecule has 3 nitrogen and oxygen atoms in total. The Labute approximate surface area is 150 Å². The second-order valence-corrected chi connectivity index (χ2v) is 7.52. The number of benzene rings is 2. The lowest BCUT2D eigenvalue weighted by Gasteiger charge is -2.18. The highest BCUT2D eigenvalue weighted by molar-refractivity contribution is 9.10. The number of carbonyl (C=O) groups is 2. The number of aryl methyl sites for hydroxylation is 3. The fraction of sp³-hybridized carbons (Fsp3) is 0.300. The van der Waals surface area contributed by atoms with Crippen LogP contribution in [0.15, 0.2) is 40.9 Å². The molecule has 0 saturated carbocycles. The molecule has 0 spiro atoms. The summed E-state index contributed by atoms with van der Waals surface area (Å²) in [5.41, 5.74) is 5.09. The van der Waals surface area contributed by atoms with E-state index in [2.05, 4.69) is 48.0 Å². The Balaban J connectivity index is 1.86. The Morgan fingerprint density at radius 1 is 1.04 bits per heavy atom. The van der Waals surface area contributed by atoms with E-state index >= 15 is 0 Å². The van der Waals surface area contributed by atoms with Crippen molar-refractivity contribution in [3.05, 3.63) is 63.1 Å². The van der Waals surface area contributed by atoms with Gasteiger partial charge in [-0.2, -0.15) is 0 Å². The number of amides is 2. The highest BCUT2D eigenvalue weighted by Crippen LogP contribution is 2.32. The second kappa shape index (κ2) is 6.52. The van der Waals surface area contributed by atoms with Gasteiger partial charge in [-0.3, -0.25) is 14.5 Å². The molecule has 1 atom stereocenters. The van der Waals surface area contributed by atoms with Crippen molar-refractivity contribution in [2.45, 2.75) is 33.6 Å². The summed E-state index contributed by atoms with van der Waals surface area (Å²) in [6.07, 6.45) is 0.889. The Morgan fingerprint density at radius 2 is 1.71 bits per heavy atom. The molecule has 0 bridgehead atoms. The van der Waals surface area contributed by atoms with Crippen molar-refractivity contribution in [1.82, 2.24) is 0 Å². The minimum Gasteiger partial charge on any atom is -0.274 e. The van der Waals surface area contributed by atoms with Gasteiger partial charge in [-0.25, -0.2) is 0 Å². The molecule has 4 heteroatoms. The third-order valence-corrected chi connectivity index (χ3v) is 4.90. The average Bonchev–Trinajstić information content (AvgIpc) is 2.73. The van der Waals surface area contributed by atoms with Gasteiger partial charge in [0.2, 0.25) is 11.8 Å². The molecule has 0 N–H and O–H groups in total. The minimum absolute atomic E-state index is 0.0930. The van der Waals surface area contributed by atoms with E-state index in [4.69, 9.17) is 0 Å². The van der Waals surface area contributed by atoms with E-state index in [0.717, 1.165) is 15.6 Å². The SMILES string of the molecule is Cc1cc(C)cc(CC2CC(=O)N(c3ccc(Br)cc3C)C2=O)c1. The van der Waals surface area contributed by atoms with Crippen LogP contribution in [0.25, 0.3) is 0 Å². The molecule has 0 aromatic heterocycles. The van der Waals surface area contributed by atoms with Gasteiger partial charge in [0, 0.05) is 10.9 Å². The van der Waals surface area contributed by atoms with Crippen molar-refractivity contribution in [3.8, 4) is 0 Å². The number of nitrogens with zero attached hydrogens (tertiary/aromatic N) is 1. The molecule has 1 saturated heterocycles. The van der Waals surface area contributed by atoms with Crippen LogP contribution in [-0.2, 0) is 16.0 Å². The van der Waals surface area contributed by atoms with E-state index in [1.54, 1.807) is 0 Å². The predicted octanol–water partition coefficient (Wildman–Crippen LogP) is 4.50. The topological polar surface area (TPSA) is 37.4 Å². The van der Waals surface area contributed by atoms with E-state index in [9.17, 15) is 9.59 Å². The van der Waals surface area contributed by atoms with Crippen LogP contribution in [0.3, 0.4) is 0 Å². The van der Waals surface area contributed by atoms with Crippen LogP contribution in [0, 0.1) is 26.7 Å². The lowest BCUT2D eigenvalue weighted by molar-refractivity contribution is -0.122. The van der Waals surface area contributed by atoms with E-state index in [0.29, 0.717) is 12.1 Å². The molecular weight excluding hydrogens is 366 g/mol. The van der Waals surface area contributed by atoms with Crippen molar-refractivity contribution < 1.29 is 9.59 Å². The Hall–Kier alpha value is -1.94. The lowest BCUT2D eigenvalue weighted by Crippen LogP contribution is -2.31. The van der Waals surface area contributed by atoms with Crippen LogP contribution < -0.4 is 4.90 Å². The molecule has 1 aliphatic heterocycles. The maximum atomic E-state index is 12.8. The molecule has 2 aromatic carbocycles. The van der Waals surface area contributed by atoms with Gasteiger partial charge in [0.25, 0.3) is 0 Å². The predicted molar refractivity (Wildman–Crippen MR) is 99.1 cm³/mol. The fourth-order valence-electron chi connectivity index (χ4n) is 3.45. The Kier molecular flexibility index (Phi) is 4.59. The van der Waals surface area contributed by atoms with Crippen LogP contribution >= 0.6 is 15.9 Å². The van der Waals surface area contributed by atoms with Crippen LogP contribution in [0.5, 0.6) is 0 Å². The number of carbonyl (C=O) groups excluding carboxylic acids is 2. The monoisotopic (exact) mass is 385 g/mol. The number of rotatable bonds is 3. The van der Waals surface area contributed by atoms with Crippen molar-refractivity contribution in [1.29, 1.82) is 0 Å². The van der Waals surface area contributed by atoms with Gasteiger partial charge >= 0.3 is 0 Å². The molecule has 0 aliphatic carbocycles. The van der Waals surface area contributed by atoms with Crippen LogP contribution in [0.4, 0.5) is 5.69 Å². The Morgan fingerprint density at radius 3 is 2.33 bits per heavy atom. The van der Waals surface area contributed by atoms with Crippen LogP contribution in [-0.4, -0.2) is 11.8 Å². The molecule has 3 rings (SSSR count). The number of anilines is 1. The van der Waals surface area contributed by atoms with E-state index in [-0.39, 0.29) is 24.2 Å². The van der Waals surface area contributed by atoms with E-state index in [1.807, 2.05) is 25.1 Å². The summed E-state index contributed by atoms with van der Waals surface area (Å²) in [6.45, 7) is 6.02. The summed E-state index contributed by atoms with van der Waals surface area (Å²) in [6, 6.07) is 11.9.